The van der Waals surface area contributed by atoms with Gasteiger partial charge < -0.3 is 5.21 Å². The van der Waals surface area contributed by atoms with Crippen molar-refractivity contribution in [2.24, 2.45) is 0 Å². The Morgan fingerprint density at radius 2 is 1.71 bits per heavy atom. The number of rotatable bonds is 1. The van der Waals surface area contributed by atoms with Gasteiger partial charge in [-0.15, -0.1) is 0 Å². The Balaban J connectivity index is 2.15. The van der Waals surface area contributed by atoms with Crippen molar-refractivity contribution >= 4 is 44.9 Å². The first-order valence-corrected chi connectivity index (χ1v) is 7.87. The summed E-state index contributed by atoms with van der Waals surface area (Å²) in [6.45, 7) is 0. The SMILES string of the molecule is [O-][n+]1cc2ccc(Cl)nc2c(F)c1-c1cccc2cccc(Cl)c12. The minimum atomic E-state index is -0.725. The lowest BCUT2D eigenvalue weighted by molar-refractivity contribution is -0.593. The summed E-state index contributed by atoms with van der Waals surface area (Å²) in [4.78, 5) is 4.01. The van der Waals surface area contributed by atoms with Crippen molar-refractivity contribution in [3.05, 3.63) is 75.9 Å². The normalized spacial score (nSPS) is 11.3. The molecule has 6 heteroatoms. The van der Waals surface area contributed by atoms with Crippen LogP contribution in [0, 0.1) is 11.0 Å². The number of hydrogen-bond donors (Lipinski definition) is 0. The average Bonchev–Trinajstić information content (AvgIpc) is 2.56. The van der Waals surface area contributed by atoms with E-state index in [0.29, 0.717) is 26.1 Å². The van der Waals surface area contributed by atoms with Crippen LogP contribution in [0.4, 0.5) is 4.39 Å². The van der Waals surface area contributed by atoms with Crippen LogP contribution < -0.4 is 4.73 Å². The van der Waals surface area contributed by atoms with Gasteiger partial charge in [0.2, 0.25) is 5.82 Å². The van der Waals surface area contributed by atoms with Crippen molar-refractivity contribution in [2.45, 2.75) is 0 Å². The van der Waals surface area contributed by atoms with Gasteiger partial charge >= 0.3 is 0 Å². The van der Waals surface area contributed by atoms with E-state index in [2.05, 4.69) is 4.98 Å². The Labute approximate surface area is 146 Å². The van der Waals surface area contributed by atoms with Crippen molar-refractivity contribution in [3.8, 4) is 11.3 Å². The maximum atomic E-state index is 15.1. The zero-order chi connectivity index (χ0) is 16.8. The van der Waals surface area contributed by atoms with Crippen LogP contribution in [0.3, 0.4) is 0 Å². The molecule has 0 aliphatic rings. The van der Waals surface area contributed by atoms with Crippen molar-refractivity contribution in [1.82, 2.24) is 4.98 Å². The average molecular weight is 359 g/mol. The van der Waals surface area contributed by atoms with E-state index in [1.54, 1.807) is 30.3 Å². The second kappa shape index (κ2) is 5.58. The summed E-state index contributed by atoms with van der Waals surface area (Å²) in [6, 6.07) is 13.7. The predicted octanol–water partition coefficient (Wildman–Crippen LogP) is 5.13. The van der Waals surface area contributed by atoms with Crippen LogP contribution in [0.25, 0.3) is 32.9 Å². The van der Waals surface area contributed by atoms with Gasteiger partial charge in [0.05, 0.1) is 10.9 Å². The van der Waals surface area contributed by atoms with Crippen LogP contribution in [-0.2, 0) is 0 Å². The molecule has 0 radical (unpaired) electrons. The van der Waals surface area contributed by atoms with Crippen LogP contribution in [0.15, 0.2) is 54.7 Å². The molecule has 2 aromatic heterocycles. The third-order valence-corrected chi connectivity index (χ3v) is 4.42. The van der Waals surface area contributed by atoms with Gasteiger partial charge in [0.25, 0.3) is 5.69 Å². The summed E-state index contributed by atoms with van der Waals surface area (Å²) < 4.78 is 15.6. The molecule has 0 bridgehead atoms. The number of nitrogens with zero attached hydrogens (tertiary/aromatic N) is 2. The monoisotopic (exact) mass is 358 g/mol. The lowest BCUT2D eigenvalue weighted by Gasteiger charge is -2.11. The van der Waals surface area contributed by atoms with Crippen molar-refractivity contribution < 1.29 is 9.12 Å². The van der Waals surface area contributed by atoms with Gasteiger partial charge in [0.15, 0.2) is 6.20 Å². The number of pyridine rings is 2. The molecule has 0 saturated carbocycles. The second-order valence-corrected chi connectivity index (χ2v) is 6.13. The van der Waals surface area contributed by atoms with E-state index in [1.165, 1.54) is 12.3 Å². The van der Waals surface area contributed by atoms with Crippen molar-refractivity contribution in [2.75, 3.05) is 0 Å². The molecule has 0 unspecified atom stereocenters. The first-order chi connectivity index (χ1) is 11.6. The fraction of sp³-hybridized carbons (Fsp3) is 0. The molecule has 2 heterocycles. The largest absolute Gasteiger partial charge is 0.618 e. The van der Waals surface area contributed by atoms with E-state index in [9.17, 15) is 5.21 Å². The number of halogens is 3. The molecule has 118 valence electrons. The van der Waals surface area contributed by atoms with Crippen molar-refractivity contribution in [3.63, 3.8) is 0 Å². The Morgan fingerprint density at radius 1 is 0.958 bits per heavy atom. The first kappa shape index (κ1) is 15.1. The molecule has 0 atom stereocenters. The maximum Gasteiger partial charge on any atom is 0.262 e. The van der Waals surface area contributed by atoms with Gasteiger partial charge in [-0.3, -0.25) is 0 Å². The lowest BCUT2D eigenvalue weighted by Crippen LogP contribution is -2.30. The third kappa shape index (κ3) is 2.27. The maximum absolute atomic E-state index is 15.1. The molecular formula is C18H9Cl2FN2O. The lowest BCUT2D eigenvalue weighted by atomic mass is 10.0. The third-order valence-electron chi connectivity index (χ3n) is 3.89. The van der Waals surface area contributed by atoms with E-state index in [0.717, 1.165) is 5.39 Å². The summed E-state index contributed by atoms with van der Waals surface area (Å²) in [6.07, 6.45) is 1.28. The highest BCUT2D eigenvalue weighted by Crippen LogP contribution is 2.34. The smallest absolute Gasteiger partial charge is 0.262 e. The Bertz CT molecular complexity index is 1110. The highest BCUT2D eigenvalue weighted by molar-refractivity contribution is 6.36. The summed E-state index contributed by atoms with van der Waals surface area (Å²) in [5.74, 6) is -0.725. The molecule has 0 fully saturated rings. The molecule has 2 aromatic carbocycles. The number of hydrogen-bond acceptors (Lipinski definition) is 2. The van der Waals surface area contributed by atoms with E-state index >= 15 is 4.39 Å². The van der Waals surface area contributed by atoms with E-state index in [4.69, 9.17) is 23.2 Å². The molecule has 0 spiro atoms. The molecule has 3 nitrogen and oxygen atoms in total. The molecule has 0 N–H and O–H groups in total. The fourth-order valence-electron chi connectivity index (χ4n) is 2.86. The van der Waals surface area contributed by atoms with Crippen LogP contribution in [0.5, 0.6) is 0 Å². The Hall–Kier alpha value is -2.43. The Kier molecular flexibility index (Phi) is 3.52. The Morgan fingerprint density at radius 3 is 2.50 bits per heavy atom. The standard InChI is InChI=1S/C18H9Cl2FN2O/c19-13-6-2-4-10-3-1-5-12(15(10)13)18-16(21)17-11(9-23(18)24)7-8-14(20)22-17/h1-9H. The minimum Gasteiger partial charge on any atom is -0.618 e. The quantitative estimate of drug-likeness (QED) is 0.268. The van der Waals surface area contributed by atoms with Crippen LogP contribution in [0.2, 0.25) is 10.2 Å². The second-order valence-electron chi connectivity index (χ2n) is 5.33. The minimum absolute atomic E-state index is 0.0497. The molecule has 0 saturated heterocycles. The van der Waals surface area contributed by atoms with E-state index in [-0.39, 0.29) is 16.4 Å². The van der Waals surface area contributed by atoms with Gasteiger partial charge in [-0.25, -0.2) is 4.98 Å². The molecule has 0 aliphatic heterocycles. The van der Waals surface area contributed by atoms with Gasteiger partial charge in [-0.05, 0) is 29.7 Å². The van der Waals surface area contributed by atoms with E-state index in [1.807, 2.05) is 12.1 Å². The predicted molar refractivity (Wildman–Crippen MR) is 93.6 cm³/mol. The molecule has 0 aliphatic carbocycles. The van der Waals surface area contributed by atoms with Gasteiger partial charge in [0.1, 0.15) is 10.7 Å². The topological polar surface area (TPSA) is 39.8 Å². The fourth-order valence-corrected chi connectivity index (χ4v) is 3.29. The molecule has 4 rings (SSSR count). The van der Waals surface area contributed by atoms with Crippen LogP contribution in [-0.4, -0.2) is 4.98 Å². The van der Waals surface area contributed by atoms with Crippen LogP contribution >= 0.6 is 23.2 Å². The van der Waals surface area contributed by atoms with Gasteiger partial charge in [0, 0.05) is 10.4 Å². The molecular weight excluding hydrogens is 350 g/mol. The molecule has 4 aromatic rings. The van der Waals surface area contributed by atoms with Crippen molar-refractivity contribution in [1.29, 1.82) is 0 Å². The summed E-state index contributed by atoms with van der Waals surface area (Å²) >= 11 is 12.2. The summed E-state index contributed by atoms with van der Waals surface area (Å²) in [5, 5.41) is 14.9. The van der Waals surface area contributed by atoms with Gasteiger partial charge in [-0.1, -0.05) is 47.5 Å². The van der Waals surface area contributed by atoms with Crippen LogP contribution in [0.1, 0.15) is 0 Å². The summed E-state index contributed by atoms with van der Waals surface area (Å²) in [5.41, 5.74) is 0.332. The zero-order valence-corrected chi connectivity index (χ0v) is 13.6. The number of fused-ring (bicyclic) bond motifs is 2. The van der Waals surface area contributed by atoms with E-state index < -0.39 is 5.82 Å². The highest BCUT2D eigenvalue weighted by Gasteiger charge is 2.23. The first-order valence-electron chi connectivity index (χ1n) is 7.12. The number of aromatic nitrogens is 2. The zero-order valence-electron chi connectivity index (χ0n) is 12.1. The molecule has 24 heavy (non-hydrogen) atoms. The molecule has 0 amide bonds. The number of benzene rings is 2. The summed E-state index contributed by atoms with van der Waals surface area (Å²) in [7, 11) is 0. The highest BCUT2D eigenvalue weighted by atomic mass is 35.5. The van der Waals surface area contributed by atoms with Gasteiger partial charge in [-0.2, -0.15) is 9.12 Å².